The fourth-order valence-electron chi connectivity index (χ4n) is 3.46. The Labute approximate surface area is 140 Å². The fourth-order valence-corrected chi connectivity index (χ4v) is 3.46. The zero-order valence-corrected chi connectivity index (χ0v) is 13.7. The summed E-state index contributed by atoms with van der Waals surface area (Å²) in [4.78, 5) is 13.6. The molecule has 4 rings (SSSR count). The largest absolute Gasteiger partial charge is 0.392 e. The number of rotatable bonds is 5. The highest BCUT2D eigenvalue weighted by molar-refractivity contribution is 5.74. The Balaban J connectivity index is 1.46. The molecule has 130 valence electrons. The lowest BCUT2D eigenvalue weighted by Crippen LogP contribution is -2.40. The molecule has 0 aliphatic carbocycles. The van der Waals surface area contributed by atoms with E-state index in [1.54, 1.807) is 0 Å². The smallest absolute Gasteiger partial charge is 0.245 e. The number of aliphatic hydroxyl groups excluding tert-OH is 1. The molecule has 0 amide bonds. The minimum atomic E-state index is -0.198. The number of nitrogens with one attached hydrogen (secondary N) is 1. The summed E-state index contributed by atoms with van der Waals surface area (Å²) in [5.41, 5.74) is 0.871. The van der Waals surface area contributed by atoms with E-state index in [9.17, 15) is 5.11 Å². The quantitative estimate of drug-likeness (QED) is 0.808. The van der Waals surface area contributed by atoms with Crippen LogP contribution in [0.4, 0.5) is 11.6 Å². The second kappa shape index (κ2) is 6.86. The highest BCUT2D eigenvalue weighted by atomic mass is 16.6. The highest BCUT2D eigenvalue weighted by Crippen LogP contribution is 2.26. The number of anilines is 2. The van der Waals surface area contributed by atoms with Gasteiger partial charge < -0.3 is 15.3 Å². The Morgan fingerprint density at radius 1 is 1.08 bits per heavy atom. The molecule has 2 aromatic heterocycles. The lowest BCUT2D eigenvalue weighted by Gasteiger charge is -2.30. The number of aromatic nitrogens is 4. The third-order valence-electron chi connectivity index (χ3n) is 4.70. The van der Waals surface area contributed by atoms with Crippen LogP contribution in [0.3, 0.4) is 0 Å². The SMILES string of the molecule is O[C@@H]1CCCN(CCNc2nc3nonc3nc2N2CCCC2)C1. The van der Waals surface area contributed by atoms with Gasteiger partial charge in [-0.05, 0) is 42.5 Å². The van der Waals surface area contributed by atoms with Gasteiger partial charge in [-0.1, -0.05) is 0 Å². The van der Waals surface area contributed by atoms with Crippen LogP contribution in [0, 0.1) is 0 Å². The molecule has 0 unspecified atom stereocenters. The van der Waals surface area contributed by atoms with Gasteiger partial charge in [0.05, 0.1) is 6.10 Å². The number of nitrogens with zero attached hydrogens (tertiary/aromatic N) is 6. The van der Waals surface area contributed by atoms with E-state index in [-0.39, 0.29) is 6.10 Å². The van der Waals surface area contributed by atoms with Crippen LogP contribution >= 0.6 is 0 Å². The van der Waals surface area contributed by atoms with Crippen LogP contribution in [0.5, 0.6) is 0 Å². The number of aliphatic hydroxyl groups is 1. The summed E-state index contributed by atoms with van der Waals surface area (Å²) in [6, 6.07) is 0. The molecule has 24 heavy (non-hydrogen) atoms. The van der Waals surface area contributed by atoms with Crippen LogP contribution in [0.1, 0.15) is 25.7 Å². The number of likely N-dealkylation sites (tertiary alicyclic amines) is 1. The number of hydrogen-bond donors (Lipinski definition) is 2. The van der Waals surface area contributed by atoms with E-state index in [4.69, 9.17) is 4.63 Å². The van der Waals surface area contributed by atoms with E-state index in [2.05, 4.69) is 35.4 Å². The van der Waals surface area contributed by atoms with Gasteiger partial charge in [-0.3, -0.25) is 4.90 Å². The standard InChI is InChI=1S/C15H23N7O2/c23-11-4-3-6-21(10-11)9-5-16-14-15(22-7-1-2-8-22)18-13-12(17-14)19-24-20-13/h11,23H,1-10H2,(H,16,17,19)/t11-/m1/s1. The van der Waals surface area contributed by atoms with Crippen molar-refractivity contribution in [3.8, 4) is 0 Å². The highest BCUT2D eigenvalue weighted by Gasteiger charge is 2.22. The Hall–Kier alpha value is -2.00. The molecule has 2 aliphatic heterocycles. The van der Waals surface area contributed by atoms with Gasteiger partial charge in [-0.15, -0.1) is 0 Å². The molecule has 4 heterocycles. The van der Waals surface area contributed by atoms with Gasteiger partial charge >= 0.3 is 0 Å². The van der Waals surface area contributed by atoms with E-state index >= 15 is 0 Å². The van der Waals surface area contributed by atoms with Gasteiger partial charge in [0.1, 0.15) is 0 Å². The van der Waals surface area contributed by atoms with Crippen molar-refractivity contribution >= 4 is 22.9 Å². The molecule has 9 heteroatoms. The monoisotopic (exact) mass is 333 g/mol. The van der Waals surface area contributed by atoms with Gasteiger partial charge in [0.15, 0.2) is 11.6 Å². The third kappa shape index (κ3) is 3.27. The number of hydrogen-bond acceptors (Lipinski definition) is 9. The van der Waals surface area contributed by atoms with Crippen LogP contribution in [0.15, 0.2) is 4.63 Å². The van der Waals surface area contributed by atoms with Gasteiger partial charge in [-0.25, -0.2) is 14.6 Å². The summed E-state index contributed by atoms with van der Waals surface area (Å²) < 4.78 is 4.74. The van der Waals surface area contributed by atoms with Crippen molar-refractivity contribution in [2.24, 2.45) is 0 Å². The minimum absolute atomic E-state index is 0.198. The lowest BCUT2D eigenvalue weighted by molar-refractivity contribution is 0.0730. The summed E-state index contributed by atoms with van der Waals surface area (Å²) >= 11 is 0. The first-order valence-electron chi connectivity index (χ1n) is 8.69. The Kier molecular flexibility index (Phi) is 4.44. The zero-order valence-electron chi connectivity index (χ0n) is 13.7. The second-order valence-corrected chi connectivity index (χ2v) is 6.52. The topological polar surface area (TPSA) is 103 Å². The number of piperidine rings is 1. The Morgan fingerprint density at radius 2 is 1.88 bits per heavy atom. The van der Waals surface area contributed by atoms with Crippen LogP contribution < -0.4 is 10.2 Å². The van der Waals surface area contributed by atoms with Crippen molar-refractivity contribution in [3.63, 3.8) is 0 Å². The summed E-state index contributed by atoms with van der Waals surface area (Å²) in [5.74, 6) is 1.56. The van der Waals surface area contributed by atoms with E-state index in [1.807, 2.05) is 0 Å². The first kappa shape index (κ1) is 15.5. The first-order valence-corrected chi connectivity index (χ1v) is 8.69. The third-order valence-corrected chi connectivity index (χ3v) is 4.70. The normalized spacial score (nSPS) is 22.4. The van der Waals surface area contributed by atoms with E-state index in [1.165, 1.54) is 12.8 Å². The molecule has 9 nitrogen and oxygen atoms in total. The van der Waals surface area contributed by atoms with Crippen molar-refractivity contribution in [2.75, 3.05) is 49.5 Å². The molecular weight excluding hydrogens is 310 g/mol. The predicted molar refractivity (Wildman–Crippen MR) is 89.0 cm³/mol. The number of fused-ring (bicyclic) bond motifs is 1. The van der Waals surface area contributed by atoms with E-state index in [0.29, 0.717) is 11.3 Å². The molecule has 2 saturated heterocycles. The number of β-amino-alcohol motifs (C(OH)–C–C–N with tert-alkyl or cyclic N) is 1. The van der Waals surface area contributed by atoms with Crippen LogP contribution in [0.25, 0.3) is 11.3 Å². The molecule has 0 spiro atoms. The molecule has 0 aromatic carbocycles. The first-order chi connectivity index (χ1) is 11.8. The maximum absolute atomic E-state index is 9.76. The maximum atomic E-state index is 9.76. The Bertz CT molecular complexity index is 686. The van der Waals surface area contributed by atoms with Crippen LogP contribution in [0.2, 0.25) is 0 Å². The summed E-state index contributed by atoms with van der Waals surface area (Å²) in [5, 5.41) is 20.7. The second-order valence-electron chi connectivity index (χ2n) is 6.52. The van der Waals surface area contributed by atoms with Crippen LogP contribution in [-0.4, -0.2) is 75.7 Å². The minimum Gasteiger partial charge on any atom is -0.392 e. The molecule has 2 aliphatic rings. The average molecular weight is 333 g/mol. The average Bonchev–Trinajstić information content (AvgIpc) is 3.25. The molecule has 1 atom stereocenters. The molecule has 0 radical (unpaired) electrons. The van der Waals surface area contributed by atoms with Crippen molar-refractivity contribution in [1.82, 2.24) is 25.2 Å². The van der Waals surface area contributed by atoms with Crippen molar-refractivity contribution in [3.05, 3.63) is 0 Å². The Morgan fingerprint density at radius 3 is 2.67 bits per heavy atom. The molecule has 2 fully saturated rings. The van der Waals surface area contributed by atoms with E-state index < -0.39 is 0 Å². The lowest BCUT2D eigenvalue weighted by atomic mass is 10.1. The zero-order chi connectivity index (χ0) is 16.4. The molecule has 2 aromatic rings. The van der Waals surface area contributed by atoms with Crippen LogP contribution in [-0.2, 0) is 0 Å². The van der Waals surface area contributed by atoms with Gasteiger partial charge in [0.2, 0.25) is 11.3 Å². The van der Waals surface area contributed by atoms with Crippen molar-refractivity contribution in [2.45, 2.75) is 31.8 Å². The molecular formula is C15H23N7O2. The van der Waals surface area contributed by atoms with Crippen molar-refractivity contribution in [1.29, 1.82) is 0 Å². The van der Waals surface area contributed by atoms with Gasteiger partial charge in [0.25, 0.3) is 0 Å². The van der Waals surface area contributed by atoms with E-state index in [0.717, 1.165) is 63.7 Å². The molecule has 0 bridgehead atoms. The summed E-state index contributed by atoms with van der Waals surface area (Å²) in [6.07, 6.45) is 4.10. The summed E-state index contributed by atoms with van der Waals surface area (Å²) in [6.45, 7) is 5.37. The molecule has 2 N–H and O–H groups in total. The molecule has 0 saturated carbocycles. The van der Waals surface area contributed by atoms with Crippen molar-refractivity contribution < 1.29 is 9.74 Å². The fraction of sp³-hybridized carbons (Fsp3) is 0.733. The predicted octanol–water partition coefficient (Wildman–Crippen LogP) is 0.482. The maximum Gasteiger partial charge on any atom is 0.245 e. The van der Waals surface area contributed by atoms with Gasteiger partial charge in [-0.2, -0.15) is 0 Å². The summed E-state index contributed by atoms with van der Waals surface area (Å²) in [7, 11) is 0. The van der Waals surface area contributed by atoms with Gasteiger partial charge in [0, 0.05) is 32.7 Å².